The lowest BCUT2D eigenvalue weighted by molar-refractivity contribution is 0.558. The Labute approximate surface area is 88.8 Å². The van der Waals surface area contributed by atoms with Crippen molar-refractivity contribution in [3.8, 4) is 0 Å². The molecule has 0 saturated carbocycles. The maximum Gasteiger partial charge on any atom is 0.148 e. The van der Waals surface area contributed by atoms with E-state index in [1.165, 1.54) is 6.26 Å². The molecule has 0 spiro atoms. The van der Waals surface area contributed by atoms with Crippen molar-refractivity contribution in [2.75, 3.05) is 24.8 Å². The minimum absolute atomic E-state index is 0.0528. The first-order chi connectivity index (χ1) is 6.22. The van der Waals surface area contributed by atoms with Gasteiger partial charge >= 0.3 is 0 Å². The fourth-order valence-electron chi connectivity index (χ4n) is 0.998. The van der Waals surface area contributed by atoms with Gasteiger partial charge < -0.3 is 5.32 Å². The maximum absolute atomic E-state index is 11.0. The van der Waals surface area contributed by atoms with Crippen LogP contribution in [0.5, 0.6) is 0 Å². The smallest absolute Gasteiger partial charge is 0.148 e. The van der Waals surface area contributed by atoms with Gasteiger partial charge in [-0.1, -0.05) is 0 Å². The van der Waals surface area contributed by atoms with Crippen molar-refractivity contribution in [3.05, 3.63) is 0 Å². The number of sulfone groups is 1. The van der Waals surface area contributed by atoms with E-state index in [4.69, 9.17) is 0 Å². The Morgan fingerprint density at radius 2 is 1.86 bits per heavy atom. The summed E-state index contributed by atoms with van der Waals surface area (Å²) < 4.78 is 32.8. The zero-order valence-corrected chi connectivity index (χ0v) is 10.7. The minimum Gasteiger partial charge on any atom is -0.312 e. The standard InChI is InChI=1S/C8H19NO3S2/c1-7(6-14(4,11)12)9-5-8(2)13(3)10/h7-9H,5-6H2,1-4H3. The molecule has 0 aliphatic carbocycles. The molecule has 0 radical (unpaired) electrons. The Hall–Kier alpha value is 0.0600. The molecule has 0 fully saturated rings. The first-order valence-corrected chi connectivity index (χ1v) is 8.14. The molecule has 0 saturated heterocycles. The van der Waals surface area contributed by atoms with Crippen LogP contribution < -0.4 is 5.32 Å². The summed E-state index contributed by atoms with van der Waals surface area (Å²) in [4.78, 5) is 0. The third-order valence-electron chi connectivity index (χ3n) is 1.87. The van der Waals surface area contributed by atoms with E-state index >= 15 is 0 Å². The first-order valence-electron chi connectivity index (χ1n) is 4.45. The molecule has 0 rings (SSSR count). The molecule has 0 heterocycles. The van der Waals surface area contributed by atoms with E-state index in [9.17, 15) is 12.6 Å². The van der Waals surface area contributed by atoms with Crippen molar-refractivity contribution in [3.63, 3.8) is 0 Å². The molecule has 86 valence electrons. The molecule has 4 nitrogen and oxygen atoms in total. The Morgan fingerprint density at radius 1 is 1.36 bits per heavy atom. The third kappa shape index (κ3) is 7.46. The van der Waals surface area contributed by atoms with Crippen molar-refractivity contribution in [2.24, 2.45) is 0 Å². The molecule has 0 bridgehead atoms. The SMILES string of the molecule is CC(CS(C)(=O)=O)NCC(C)S(C)=O. The molecule has 0 amide bonds. The molecule has 0 aromatic rings. The molecule has 0 aliphatic rings. The summed E-state index contributed by atoms with van der Waals surface area (Å²) in [6, 6.07) is -0.0870. The zero-order valence-electron chi connectivity index (χ0n) is 9.11. The van der Waals surface area contributed by atoms with Crippen molar-refractivity contribution in [1.82, 2.24) is 5.32 Å². The molecule has 1 N–H and O–H groups in total. The maximum atomic E-state index is 11.0. The van der Waals surface area contributed by atoms with Crippen molar-refractivity contribution < 1.29 is 12.6 Å². The van der Waals surface area contributed by atoms with Gasteiger partial charge in [-0.15, -0.1) is 0 Å². The van der Waals surface area contributed by atoms with E-state index in [2.05, 4.69) is 5.32 Å². The topological polar surface area (TPSA) is 63.2 Å². The summed E-state index contributed by atoms with van der Waals surface area (Å²) in [7, 11) is -3.79. The van der Waals surface area contributed by atoms with Crippen molar-refractivity contribution >= 4 is 20.6 Å². The first kappa shape index (κ1) is 14.1. The number of nitrogens with one attached hydrogen (secondary N) is 1. The lowest BCUT2D eigenvalue weighted by Gasteiger charge is -2.15. The molecule has 0 aliphatic heterocycles. The lowest BCUT2D eigenvalue weighted by Crippen LogP contribution is -2.38. The van der Waals surface area contributed by atoms with Gasteiger partial charge in [0.25, 0.3) is 0 Å². The molecular formula is C8H19NO3S2. The van der Waals surface area contributed by atoms with Gasteiger partial charge in [0.15, 0.2) is 0 Å². The predicted octanol–water partition coefficient (Wildman–Crippen LogP) is -0.224. The van der Waals surface area contributed by atoms with Gasteiger partial charge in [0.2, 0.25) is 0 Å². The van der Waals surface area contributed by atoms with Crippen LogP contribution in [0.25, 0.3) is 0 Å². The summed E-state index contributed by atoms with van der Waals surface area (Å²) in [6.45, 7) is 4.27. The molecule has 0 aromatic carbocycles. The van der Waals surface area contributed by atoms with Gasteiger partial charge in [0, 0.05) is 41.1 Å². The minimum atomic E-state index is -2.93. The van der Waals surface area contributed by atoms with E-state index in [-0.39, 0.29) is 17.0 Å². The van der Waals surface area contributed by atoms with Gasteiger partial charge in [-0.25, -0.2) is 8.42 Å². The van der Waals surface area contributed by atoms with E-state index in [1.54, 1.807) is 6.26 Å². The van der Waals surface area contributed by atoms with E-state index in [0.717, 1.165) is 0 Å². The molecule has 6 heteroatoms. The van der Waals surface area contributed by atoms with Gasteiger partial charge in [-0.3, -0.25) is 4.21 Å². The average molecular weight is 241 g/mol. The summed E-state index contributed by atoms with van der Waals surface area (Å²) in [6.07, 6.45) is 2.86. The van der Waals surface area contributed by atoms with Gasteiger partial charge in [0.05, 0.1) is 5.75 Å². The highest BCUT2D eigenvalue weighted by Crippen LogP contribution is 1.94. The van der Waals surface area contributed by atoms with Crippen LogP contribution in [0.1, 0.15) is 13.8 Å². The van der Waals surface area contributed by atoms with Crippen LogP contribution in [0.2, 0.25) is 0 Å². The fourth-order valence-corrected chi connectivity index (χ4v) is 2.35. The van der Waals surface area contributed by atoms with Crippen LogP contribution >= 0.6 is 0 Å². The Kier molecular flexibility index (Phi) is 5.85. The van der Waals surface area contributed by atoms with Crippen molar-refractivity contribution in [2.45, 2.75) is 25.1 Å². The number of rotatable bonds is 6. The molecule has 3 atom stereocenters. The summed E-state index contributed by atoms with van der Waals surface area (Å²) in [5, 5.41) is 3.10. The van der Waals surface area contributed by atoms with Crippen molar-refractivity contribution in [1.29, 1.82) is 0 Å². The predicted molar refractivity (Wildman–Crippen MR) is 60.7 cm³/mol. The van der Waals surface area contributed by atoms with Gasteiger partial charge in [-0.2, -0.15) is 0 Å². The Bertz CT molecular complexity index is 287. The lowest BCUT2D eigenvalue weighted by atomic mass is 10.3. The van der Waals surface area contributed by atoms with Crippen LogP contribution in [-0.4, -0.2) is 48.7 Å². The summed E-state index contributed by atoms with van der Waals surface area (Å²) >= 11 is 0. The molecule has 3 unspecified atom stereocenters. The van der Waals surface area contributed by atoms with E-state index in [0.29, 0.717) is 6.54 Å². The van der Waals surface area contributed by atoms with Crippen LogP contribution in [0.4, 0.5) is 0 Å². The summed E-state index contributed by atoms with van der Waals surface area (Å²) in [5.74, 6) is 0.121. The van der Waals surface area contributed by atoms with Crippen LogP contribution in [-0.2, 0) is 20.6 Å². The van der Waals surface area contributed by atoms with Gasteiger partial charge in [-0.05, 0) is 13.8 Å². The number of hydrogen-bond donors (Lipinski definition) is 1. The zero-order chi connectivity index (χ0) is 11.4. The normalized spacial score (nSPS) is 18.9. The molecular weight excluding hydrogens is 222 g/mol. The quantitative estimate of drug-likeness (QED) is 0.698. The Morgan fingerprint density at radius 3 is 2.21 bits per heavy atom. The largest absolute Gasteiger partial charge is 0.312 e. The van der Waals surface area contributed by atoms with Crippen LogP contribution in [0, 0.1) is 0 Å². The van der Waals surface area contributed by atoms with Crippen LogP contribution in [0.3, 0.4) is 0 Å². The molecule has 14 heavy (non-hydrogen) atoms. The second-order valence-corrected chi connectivity index (χ2v) is 7.70. The van der Waals surface area contributed by atoms with Crippen LogP contribution in [0.15, 0.2) is 0 Å². The number of hydrogen-bond acceptors (Lipinski definition) is 4. The highest BCUT2D eigenvalue weighted by atomic mass is 32.2. The molecule has 0 aromatic heterocycles. The second-order valence-electron chi connectivity index (χ2n) is 3.71. The van der Waals surface area contributed by atoms with E-state index < -0.39 is 20.6 Å². The fraction of sp³-hybridized carbons (Fsp3) is 1.00. The highest BCUT2D eigenvalue weighted by molar-refractivity contribution is 7.90. The van der Waals surface area contributed by atoms with E-state index in [1.807, 2.05) is 13.8 Å². The van der Waals surface area contributed by atoms with Gasteiger partial charge in [0.1, 0.15) is 9.84 Å². The average Bonchev–Trinajstić information content (AvgIpc) is 1.96. The summed E-state index contributed by atoms with van der Waals surface area (Å²) in [5.41, 5.74) is 0. The second kappa shape index (κ2) is 5.82. The third-order valence-corrected chi connectivity index (χ3v) is 4.28. The Balaban J connectivity index is 3.86. The highest BCUT2D eigenvalue weighted by Gasteiger charge is 2.12. The monoisotopic (exact) mass is 241 g/mol.